The van der Waals surface area contributed by atoms with Gasteiger partial charge >= 0.3 is 0 Å². The number of carbonyl (C=O) groups is 1. The van der Waals surface area contributed by atoms with Crippen molar-refractivity contribution < 1.29 is 9.21 Å². The second-order valence-electron chi connectivity index (χ2n) is 7.33. The van der Waals surface area contributed by atoms with Crippen LogP contribution in [0, 0.1) is 20.8 Å². The van der Waals surface area contributed by atoms with Gasteiger partial charge in [0, 0.05) is 22.9 Å². The fraction of sp³-hybridized carbons (Fsp3) is 0.120. The third kappa shape index (κ3) is 3.83. The summed E-state index contributed by atoms with van der Waals surface area (Å²) in [5, 5.41) is 3.46. The van der Waals surface area contributed by atoms with Gasteiger partial charge in [-0.15, -0.1) is 0 Å². The predicted molar refractivity (Wildman–Crippen MR) is 117 cm³/mol. The van der Waals surface area contributed by atoms with Crippen molar-refractivity contribution >= 4 is 22.6 Å². The van der Waals surface area contributed by atoms with Gasteiger partial charge in [-0.25, -0.2) is 0 Å². The van der Waals surface area contributed by atoms with Gasteiger partial charge in [0.15, 0.2) is 5.43 Å². The number of anilines is 1. The van der Waals surface area contributed by atoms with E-state index < -0.39 is 0 Å². The van der Waals surface area contributed by atoms with Crippen LogP contribution in [-0.4, -0.2) is 5.91 Å². The minimum atomic E-state index is -0.188. The van der Waals surface area contributed by atoms with Crippen LogP contribution in [0.4, 0.5) is 5.69 Å². The maximum atomic E-state index is 12.6. The van der Waals surface area contributed by atoms with Crippen molar-refractivity contribution in [1.29, 1.82) is 0 Å². The van der Waals surface area contributed by atoms with Crippen LogP contribution in [0.1, 0.15) is 27.0 Å². The van der Waals surface area contributed by atoms with Gasteiger partial charge in [-0.3, -0.25) is 9.59 Å². The van der Waals surface area contributed by atoms with E-state index in [4.69, 9.17) is 4.42 Å². The molecule has 4 rings (SSSR count). The van der Waals surface area contributed by atoms with Crippen LogP contribution >= 0.6 is 0 Å². The van der Waals surface area contributed by atoms with E-state index in [1.54, 1.807) is 24.3 Å². The average Bonchev–Trinajstić information content (AvgIpc) is 2.70. The van der Waals surface area contributed by atoms with Crippen molar-refractivity contribution in [1.82, 2.24) is 0 Å². The summed E-state index contributed by atoms with van der Waals surface area (Å²) in [7, 11) is 0. The summed E-state index contributed by atoms with van der Waals surface area (Å²) in [4.78, 5) is 25.0. The Hall–Kier alpha value is -3.66. The molecule has 0 aliphatic carbocycles. The van der Waals surface area contributed by atoms with Gasteiger partial charge in [0.05, 0.1) is 5.39 Å². The molecule has 4 heteroatoms. The van der Waals surface area contributed by atoms with Gasteiger partial charge in [-0.1, -0.05) is 35.9 Å². The molecule has 0 saturated carbocycles. The Bertz CT molecular complexity index is 1270. The van der Waals surface area contributed by atoms with Gasteiger partial charge in [0.2, 0.25) is 0 Å². The van der Waals surface area contributed by atoms with Crippen LogP contribution in [0.2, 0.25) is 0 Å². The molecule has 0 atom stereocenters. The highest BCUT2D eigenvalue weighted by Gasteiger charge is 2.11. The van der Waals surface area contributed by atoms with Crippen LogP contribution in [0.25, 0.3) is 22.3 Å². The minimum Gasteiger partial charge on any atom is -0.456 e. The molecule has 3 aromatic carbocycles. The first-order valence-electron chi connectivity index (χ1n) is 9.44. The number of nitrogens with one attached hydrogen (secondary N) is 1. The average molecular weight is 383 g/mol. The largest absolute Gasteiger partial charge is 0.456 e. The van der Waals surface area contributed by atoms with Gasteiger partial charge in [0.1, 0.15) is 11.3 Å². The normalized spacial score (nSPS) is 10.9. The molecule has 1 aromatic heterocycles. The van der Waals surface area contributed by atoms with Gasteiger partial charge in [-0.05, 0) is 62.2 Å². The Labute approximate surface area is 168 Å². The lowest BCUT2D eigenvalue weighted by atomic mass is 10.1. The van der Waals surface area contributed by atoms with E-state index >= 15 is 0 Å². The standard InChI is InChI=1S/C25H21NO3/c1-15-4-10-20(11-5-15)26-25(28)19-8-6-18(7-9-19)23-14-22(27)21-13-16(2)12-17(3)24(21)29-23/h4-14H,1-3H3,(H,26,28). The van der Waals surface area contributed by atoms with Gasteiger partial charge < -0.3 is 9.73 Å². The molecule has 1 heterocycles. The summed E-state index contributed by atoms with van der Waals surface area (Å²) < 4.78 is 6.02. The monoisotopic (exact) mass is 383 g/mol. The second-order valence-corrected chi connectivity index (χ2v) is 7.33. The quantitative estimate of drug-likeness (QED) is 0.498. The number of benzene rings is 3. The molecule has 0 aliphatic heterocycles. The molecule has 0 radical (unpaired) electrons. The van der Waals surface area contributed by atoms with Crippen LogP contribution < -0.4 is 10.7 Å². The highest BCUT2D eigenvalue weighted by molar-refractivity contribution is 6.04. The molecule has 144 valence electrons. The lowest BCUT2D eigenvalue weighted by Gasteiger charge is -2.08. The highest BCUT2D eigenvalue weighted by Crippen LogP contribution is 2.25. The summed E-state index contributed by atoms with van der Waals surface area (Å²) in [6.07, 6.45) is 0. The molecule has 29 heavy (non-hydrogen) atoms. The first kappa shape index (κ1) is 18.7. The highest BCUT2D eigenvalue weighted by atomic mass is 16.3. The lowest BCUT2D eigenvalue weighted by Crippen LogP contribution is -2.11. The maximum absolute atomic E-state index is 12.6. The van der Waals surface area contributed by atoms with Crippen molar-refractivity contribution in [3.05, 3.63) is 99.2 Å². The van der Waals surface area contributed by atoms with E-state index in [9.17, 15) is 9.59 Å². The van der Waals surface area contributed by atoms with Gasteiger partial charge in [-0.2, -0.15) is 0 Å². The van der Waals surface area contributed by atoms with Crippen molar-refractivity contribution in [3.8, 4) is 11.3 Å². The maximum Gasteiger partial charge on any atom is 0.255 e. The number of rotatable bonds is 3. The molecular formula is C25H21NO3. The summed E-state index contributed by atoms with van der Waals surface area (Å²) in [5.41, 5.74) is 5.63. The number of hydrogen-bond donors (Lipinski definition) is 1. The molecule has 0 spiro atoms. The summed E-state index contributed by atoms with van der Waals surface area (Å²) in [6, 6.07) is 20.0. The predicted octanol–water partition coefficient (Wildman–Crippen LogP) is 5.64. The Balaban J connectivity index is 1.63. The van der Waals surface area contributed by atoms with Crippen molar-refractivity contribution in [2.45, 2.75) is 20.8 Å². The Morgan fingerprint density at radius 3 is 2.21 bits per heavy atom. The fourth-order valence-electron chi connectivity index (χ4n) is 3.38. The zero-order chi connectivity index (χ0) is 20.5. The lowest BCUT2D eigenvalue weighted by molar-refractivity contribution is 0.102. The number of carbonyl (C=O) groups excluding carboxylic acids is 1. The molecule has 0 saturated heterocycles. The zero-order valence-corrected chi connectivity index (χ0v) is 16.6. The number of amides is 1. The Morgan fingerprint density at radius 2 is 1.52 bits per heavy atom. The first-order valence-corrected chi connectivity index (χ1v) is 9.44. The number of aryl methyl sites for hydroxylation is 3. The molecule has 0 bridgehead atoms. The summed E-state index contributed by atoms with van der Waals surface area (Å²) in [6.45, 7) is 5.89. The summed E-state index contributed by atoms with van der Waals surface area (Å²) in [5.74, 6) is 0.298. The Morgan fingerprint density at radius 1 is 0.828 bits per heavy atom. The van der Waals surface area contributed by atoms with E-state index in [1.165, 1.54) is 6.07 Å². The fourth-order valence-corrected chi connectivity index (χ4v) is 3.38. The van der Waals surface area contributed by atoms with Crippen LogP contribution in [0.3, 0.4) is 0 Å². The molecule has 0 unspecified atom stereocenters. The number of hydrogen-bond acceptors (Lipinski definition) is 3. The summed E-state index contributed by atoms with van der Waals surface area (Å²) >= 11 is 0. The van der Waals surface area contributed by atoms with E-state index in [0.29, 0.717) is 22.3 Å². The van der Waals surface area contributed by atoms with Crippen molar-refractivity contribution in [2.24, 2.45) is 0 Å². The Kier molecular flexibility index (Phi) is 4.77. The van der Waals surface area contributed by atoms with Crippen molar-refractivity contribution in [2.75, 3.05) is 5.32 Å². The third-order valence-electron chi connectivity index (χ3n) is 4.90. The second kappa shape index (κ2) is 7.40. The topological polar surface area (TPSA) is 59.3 Å². The SMILES string of the molecule is Cc1ccc(NC(=O)c2ccc(-c3cc(=O)c4cc(C)cc(C)c4o3)cc2)cc1. The molecule has 4 nitrogen and oxygen atoms in total. The van der Waals surface area contributed by atoms with E-state index in [2.05, 4.69) is 5.32 Å². The molecular weight excluding hydrogens is 362 g/mol. The van der Waals surface area contributed by atoms with E-state index in [0.717, 1.165) is 27.9 Å². The molecule has 1 N–H and O–H groups in total. The molecule has 0 aliphatic rings. The minimum absolute atomic E-state index is 0.0748. The van der Waals surface area contributed by atoms with E-state index in [1.807, 2.05) is 57.2 Å². The van der Waals surface area contributed by atoms with Gasteiger partial charge in [0.25, 0.3) is 5.91 Å². The molecule has 4 aromatic rings. The number of fused-ring (bicyclic) bond motifs is 1. The zero-order valence-electron chi connectivity index (χ0n) is 16.6. The van der Waals surface area contributed by atoms with Crippen LogP contribution in [0.15, 0.2) is 75.9 Å². The smallest absolute Gasteiger partial charge is 0.255 e. The molecule has 1 amide bonds. The van der Waals surface area contributed by atoms with Crippen molar-refractivity contribution in [3.63, 3.8) is 0 Å². The van der Waals surface area contributed by atoms with E-state index in [-0.39, 0.29) is 11.3 Å². The van der Waals surface area contributed by atoms with Crippen LogP contribution in [-0.2, 0) is 0 Å². The molecule has 0 fully saturated rings. The first-order chi connectivity index (χ1) is 13.9. The van der Waals surface area contributed by atoms with Crippen LogP contribution in [0.5, 0.6) is 0 Å². The third-order valence-corrected chi connectivity index (χ3v) is 4.90.